The topological polar surface area (TPSA) is 110 Å². The minimum Gasteiger partial charge on any atom is -0.480 e. The maximum atomic E-state index is 12.1. The smallest absolute Gasteiger partial charge is 0.321 e. The predicted octanol–water partition coefficient (Wildman–Crippen LogP) is 0.823. The van der Waals surface area contributed by atoms with E-state index in [4.69, 9.17) is 9.63 Å². The Kier molecular flexibility index (Phi) is 4.47. The molecule has 2 N–H and O–H groups in total. The third-order valence-corrected chi connectivity index (χ3v) is 4.12. The van der Waals surface area contributed by atoms with Crippen LogP contribution in [-0.2, 0) is 14.8 Å². The van der Waals surface area contributed by atoms with Crippen LogP contribution >= 0.6 is 0 Å². The SMILES string of the molecule is CCCC(NS(=O)(=O)c1c(C)noc1C)C(=O)O. The lowest BCUT2D eigenvalue weighted by molar-refractivity contribution is -0.139. The monoisotopic (exact) mass is 276 g/mol. The maximum Gasteiger partial charge on any atom is 0.321 e. The molecule has 1 aromatic heterocycles. The Balaban J connectivity index is 3.05. The molecule has 1 heterocycles. The molecular formula is C10H16N2O5S. The van der Waals surface area contributed by atoms with Gasteiger partial charge in [0.2, 0.25) is 10.0 Å². The van der Waals surface area contributed by atoms with E-state index in [9.17, 15) is 13.2 Å². The van der Waals surface area contributed by atoms with Crippen LogP contribution in [0, 0.1) is 13.8 Å². The second kappa shape index (κ2) is 5.49. The molecule has 102 valence electrons. The molecule has 0 amide bonds. The van der Waals surface area contributed by atoms with Crippen molar-refractivity contribution in [2.24, 2.45) is 0 Å². The molecule has 1 aromatic rings. The number of hydrogen-bond acceptors (Lipinski definition) is 5. The molecule has 0 aliphatic heterocycles. The molecule has 18 heavy (non-hydrogen) atoms. The molecule has 0 aliphatic carbocycles. The molecule has 0 saturated heterocycles. The molecule has 0 bridgehead atoms. The number of carboxylic acid groups (broad SMARTS) is 1. The summed E-state index contributed by atoms with van der Waals surface area (Å²) in [7, 11) is -3.93. The van der Waals surface area contributed by atoms with Gasteiger partial charge < -0.3 is 9.63 Å². The molecule has 0 radical (unpaired) electrons. The molecule has 0 saturated carbocycles. The summed E-state index contributed by atoms with van der Waals surface area (Å²) in [4.78, 5) is 10.8. The molecule has 0 aliphatic rings. The second-order valence-corrected chi connectivity index (χ2v) is 5.60. The van der Waals surface area contributed by atoms with Gasteiger partial charge in [0.1, 0.15) is 16.6 Å². The molecule has 8 heteroatoms. The summed E-state index contributed by atoms with van der Waals surface area (Å²) in [6.45, 7) is 4.73. The van der Waals surface area contributed by atoms with Crippen molar-refractivity contribution in [1.29, 1.82) is 0 Å². The summed E-state index contributed by atoms with van der Waals surface area (Å²) in [6, 6.07) is -1.14. The van der Waals surface area contributed by atoms with Crippen molar-refractivity contribution in [2.75, 3.05) is 0 Å². The summed E-state index contributed by atoms with van der Waals surface area (Å²) in [5.41, 5.74) is 0.209. The summed E-state index contributed by atoms with van der Waals surface area (Å²) in [5, 5.41) is 12.5. The Morgan fingerprint density at radius 1 is 1.50 bits per heavy atom. The lowest BCUT2D eigenvalue weighted by Gasteiger charge is -2.13. The minimum absolute atomic E-state index is 0.0927. The average Bonchev–Trinajstić information content (AvgIpc) is 2.58. The van der Waals surface area contributed by atoms with E-state index in [-0.39, 0.29) is 22.8 Å². The third kappa shape index (κ3) is 3.08. The maximum absolute atomic E-state index is 12.1. The fourth-order valence-corrected chi connectivity index (χ4v) is 3.18. The standard InChI is InChI=1S/C10H16N2O5S/c1-4-5-8(10(13)14)12-18(15,16)9-6(2)11-17-7(9)3/h8,12H,4-5H2,1-3H3,(H,13,14). The fraction of sp³-hybridized carbons (Fsp3) is 0.600. The number of nitrogens with one attached hydrogen (secondary N) is 1. The lowest BCUT2D eigenvalue weighted by Crippen LogP contribution is -2.40. The number of sulfonamides is 1. The highest BCUT2D eigenvalue weighted by Gasteiger charge is 2.29. The Morgan fingerprint density at radius 3 is 2.50 bits per heavy atom. The van der Waals surface area contributed by atoms with E-state index in [1.54, 1.807) is 6.92 Å². The third-order valence-electron chi connectivity index (χ3n) is 2.41. The first-order chi connectivity index (χ1) is 8.29. The zero-order valence-corrected chi connectivity index (χ0v) is 11.2. The van der Waals surface area contributed by atoms with E-state index in [1.165, 1.54) is 13.8 Å². The lowest BCUT2D eigenvalue weighted by atomic mass is 10.2. The zero-order valence-electron chi connectivity index (χ0n) is 10.4. The summed E-state index contributed by atoms with van der Waals surface area (Å²) in [6.07, 6.45) is 0.777. The van der Waals surface area contributed by atoms with Gasteiger partial charge >= 0.3 is 5.97 Å². The van der Waals surface area contributed by atoms with Gasteiger partial charge in [-0.3, -0.25) is 4.79 Å². The van der Waals surface area contributed by atoms with E-state index in [1.807, 2.05) is 0 Å². The van der Waals surface area contributed by atoms with Crippen molar-refractivity contribution in [3.8, 4) is 0 Å². The first-order valence-corrected chi connectivity index (χ1v) is 6.96. The van der Waals surface area contributed by atoms with E-state index < -0.39 is 22.0 Å². The molecule has 1 rings (SSSR count). The summed E-state index contributed by atoms with van der Waals surface area (Å²) < 4.78 is 31.0. The van der Waals surface area contributed by atoms with E-state index in [0.29, 0.717) is 6.42 Å². The Labute approximate surface area is 105 Å². The van der Waals surface area contributed by atoms with Gasteiger partial charge in [-0.2, -0.15) is 4.72 Å². The molecule has 0 fully saturated rings. The normalized spacial score (nSPS) is 13.5. The summed E-state index contributed by atoms with van der Waals surface area (Å²) >= 11 is 0. The van der Waals surface area contributed by atoms with Gasteiger partial charge in [0.25, 0.3) is 0 Å². The molecule has 1 unspecified atom stereocenters. The van der Waals surface area contributed by atoms with Crippen LogP contribution in [0.3, 0.4) is 0 Å². The second-order valence-electron chi connectivity index (χ2n) is 3.95. The Morgan fingerprint density at radius 2 is 2.11 bits per heavy atom. The van der Waals surface area contributed by atoms with Gasteiger partial charge in [-0.1, -0.05) is 18.5 Å². The quantitative estimate of drug-likeness (QED) is 0.796. The van der Waals surface area contributed by atoms with Crippen LogP contribution in [0.4, 0.5) is 0 Å². The molecule has 1 atom stereocenters. The van der Waals surface area contributed by atoms with Crippen LogP contribution in [0.25, 0.3) is 0 Å². The van der Waals surface area contributed by atoms with Crippen molar-refractivity contribution < 1.29 is 22.8 Å². The van der Waals surface area contributed by atoms with Gasteiger partial charge in [0.05, 0.1) is 0 Å². The number of carboxylic acids is 1. The van der Waals surface area contributed by atoms with Crippen LogP contribution in [0.15, 0.2) is 9.42 Å². The number of carbonyl (C=O) groups is 1. The van der Waals surface area contributed by atoms with Crippen molar-refractivity contribution in [2.45, 2.75) is 44.6 Å². The van der Waals surface area contributed by atoms with Crippen molar-refractivity contribution >= 4 is 16.0 Å². The number of aryl methyl sites for hydroxylation is 2. The molecule has 0 aromatic carbocycles. The van der Waals surface area contributed by atoms with Crippen molar-refractivity contribution in [3.63, 3.8) is 0 Å². The highest BCUT2D eigenvalue weighted by molar-refractivity contribution is 7.89. The molecular weight excluding hydrogens is 260 g/mol. The van der Waals surface area contributed by atoms with Crippen LogP contribution < -0.4 is 4.72 Å². The van der Waals surface area contributed by atoms with E-state index in [0.717, 1.165) is 0 Å². The first kappa shape index (κ1) is 14.7. The Hall–Kier alpha value is -1.41. The number of rotatable bonds is 6. The van der Waals surface area contributed by atoms with Crippen LogP contribution in [0.2, 0.25) is 0 Å². The minimum atomic E-state index is -3.93. The van der Waals surface area contributed by atoms with Crippen LogP contribution in [0.5, 0.6) is 0 Å². The van der Waals surface area contributed by atoms with E-state index in [2.05, 4.69) is 9.88 Å². The Bertz CT molecular complexity index is 515. The number of nitrogens with zero attached hydrogens (tertiary/aromatic N) is 1. The van der Waals surface area contributed by atoms with E-state index >= 15 is 0 Å². The summed E-state index contributed by atoms with van der Waals surface area (Å²) in [5.74, 6) is -1.06. The van der Waals surface area contributed by atoms with Crippen molar-refractivity contribution in [1.82, 2.24) is 9.88 Å². The van der Waals surface area contributed by atoms with Gasteiger partial charge in [-0.15, -0.1) is 0 Å². The predicted molar refractivity (Wildman–Crippen MR) is 62.6 cm³/mol. The highest BCUT2D eigenvalue weighted by Crippen LogP contribution is 2.19. The largest absolute Gasteiger partial charge is 0.480 e. The average molecular weight is 276 g/mol. The van der Waals surface area contributed by atoms with Gasteiger partial charge in [-0.25, -0.2) is 8.42 Å². The van der Waals surface area contributed by atoms with Gasteiger partial charge in [-0.05, 0) is 20.3 Å². The number of aromatic nitrogens is 1. The fourth-order valence-electron chi connectivity index (χ4n) is 1.63. The number of aliphatic carboxylic acids is 1. The molecule has 7 nitrogen and oxygen atoms in total. The van der Waals surface area contributed by atoms with Crippen LogP contribution in [-0.4, -0.2) is 30.7 Å². The van der Waals surface area contributed by atoms with Gasteiger partial charge in [0, 0.05) is 0 Å². The van der Waals surface area contributed by atoms with Crippen molar-refractivity contribution in [3.05, 3.63) is 11.5 Å². The number of hydrogen-bond donors (Lipinski definition) is 2. The highest BCUT2D eigenvalue weighted by atomic mass is 32.2. The molecule has 0 spiro atoms. The first-order valence-electron chi connectivity index (χ1n) is 5.47. The van der Waals surface area contributed by atoms with Crippen LogP contribution in [0.1, 0.15) is 31.2 Å². The zero-order chi connectivity index (χ0) is 13.9. The van der Waals surface area contributed by atoms with Gasteiger partial charge in [0.15, 0.2) is 5.76 Å².